The molecule has 136 valence electrons. The normalized spacial score (nSPS) is 11.2. The van der Waals surface area contributed by atoms with Crippen molar-refractivity contribution in [2.45, 2.75) is 25.8 Å². The minimum absolute atomic E-state index is 0.0488. The van der Waals surface area contributed by atoms with Gasteiger partial charge in [-0.05, 0) is 54.0 Å². The third-order valence-electron chi connectivity index (χ3n) is 4.02. The van der Waals surface area contributed by atoms with Crippen LogP contribution in [0.1, 0.15) is 30.5 Å². The average molecular weight is 369 g/mol. The zero-order chi connectivity index (χ0) is 18.9. The van der Waals surface area contributed by atoms with Gasteiger partial charge in [0.1, 0.15) is 0 Å². The highest BCUT2D eigenvalue weighted by Gasteiger charge is 2.14. The van der Waals surface area contributed by atoms with Gasteiger partial charge in [-0.15, -0.1) is 0 Å². The number of nitrogens with one attached hydrogen (secondary N) is 2. The Hall–Kier alpha value is -2.78. The molecule has 0 radical (unpaired) electrons. The molecule has 0 aliphatic heterocycles. The molecule has 2 N–H and O–H groups in total. The predicted octanol–water partition coefficient (Wildman–Crippen LogP) is 4.21. The van der Waals surface area contributed by atoms with Gasteiger partial charge in [-0.3, -0.25) is 0 Å². The van der Waals surface area contributed by atoms with Crippen LogP contribution in [0, 0.1) is 11.3 Å². The number of nitriles is 1. The van der Waals surface area contributed by atoms with E-state index >= 15 is 0 Å². The summed E-state index contributed by atoms with van der Waals surface area (Å²) in [6, 6.07) is 15.7. The van der Waals surface area contributed by atoms with Gasteiger partial charge in [-0.25, -0.2) is 0 Å². The number of thiocarbonyl (C=S) groups is 1. The van der Waals surface area contributed by atoms with E-state index in [0.717, 1.165) is 23.2 Å². The quantitative estimate of drug-likeness (QED) is 0.713. The number of hydrogen-bond donors (Lipinski definition) is 2. The molecule has 5 nitrogen and oxygen atoms in total. The Morgan fingerprint density at radius 3 is 2.38 bits per heavy atom. The van der Waals surface area contributed by atoms with Crippen LogP contribution in [0.25, 0.3) is 0 Å². The van der Waals surface area contributed by atoms with Gasteiger partial charge in [0, 0.05) is 5.69 Å². The van der Waals surface area contributed by atoms with E-state index in [1.165, 1.54) is 0 Å². The van der Waals surface area contributed by atoms with E-state index < -0.39 is 0 Å². The standard InChI is InChI=1S/C20H23N3O2S/c1-4-17(15-7-10-18(24-2)19(13-15)25-3)23-20(26)22-16-8-5-14(6-9-16)11-12-21/h5-10,13,17H,4,11H2,1-3H3,(H2,22,23,26). The molecular weight excluding hydrogens is 346 g/mol. The van der Waals surface area contributed by atoms with Crippen molar-refractivity contribution in [1.29, 1.82) is 5.26 Å². The highest BCUT2D eigenvalue weighted by atomic mass is 32.1. The van der Waals surface area contributed by atoms with Gasteiger partial charge in [0.2, 0.25) is 0 Å². The van der Waals surface area contributed by atoms with Crippen LogP contribution < -0.4 is 20.1 Å². The van der Waals surface area contributed by atoms with Gasteiger partial charge < -0.3 is 20.1 Å². The van der Waals surface area contributed by atoms with Crippen molar-refractivity contribution in [1.82, 2.24) is 5.32 Å². The number of anilines is 1. The Kier molecular flexibility index (Phi) is 7.24. The number of benzene rings is 2. The fourth-order valence-corrected chi connectivity index (χ4v) is 2.87. The number of hydrogen-bond acceptors (Lipinski definition) is 4. The van der Waals surface area contributed by atoms with E-state index in [-0.39, 0.29) is 6.04 Å². The summed E-state index contributed by atoms with van der Waals surface area (Å²) in [4.78, 5) is 0. The third-order valence-corrected chi connectivity index (χ3v) is 4.24. The molecule has 0 saturated heterocycles. The molecule has 0 fully saturated rings. The molecule has 2 aromatic carbocycles. The van der Waals surface area contributed by atoms with E-state index in [1.54, 1.807) is 14.2 Å². The van der Waals surface area contributed by atoms with E-state index in [0.29, 0.717) is 23.0 Å². The van der Waals surface area contributed by atoms with Crippen molar-refractivity contribution in [3.63, 3.8) is 0 Å². The van der Waals surface area contributed by atoms with Crippen LogP contribution in [-0.4, -0.2) is 19.3 Å². The molecule has 0 aliphatic carbocycles. The van der Waals surface area contributed by atoms with Crippen LogP contribution in [0.2, 0.25) is 0 Å². The maximum absolute atomic E-state index is 8.73. The van der Waals surface area contributed by atoms with E-state index in [1.807, 2.05) is 42.5 Å². The first kappa shape index (κ1) is 19.5. The van der Waals surface area contributed by atoms with Crippen LogP contribution >= 0.6 is 12.2 Å². The molecule has 0 heterocycles. The number of ether oxygens (including phenoxy) is 2. The maximum atomic E-state index is 8.73. The molecule has 6 heteroatoms. The summed E-state index contributed by atoms with van der Waals surface area (Å²) < 4.78 is 10.7. The molecule has 0 amide bonds. The van der Waals surface area contributed by atoms with Crippen molar-refractivity contribution < 1.29 is 9.47 Å². The van der Waals surface area contributed by atoms with Gasteiger partial charge in [0.25, 0.3) is 0 Å². The first-order valence-electron chi connectivity index (χ1n) is 8.36. The van der Waals surface area contributed by atoms with Gasteiger partial charge in [0.15, 0.2) is 16.6 Å². The van der Waals surface area contributed by atoms with E-state index in [9.17, 15) is 0 Å². The molecule has 0 spiro atoms. The van der Waals surface area contributed by atoms with Gasteiger partial charge in [-0.2, -0.15) is 5.26 Å². The topological polar surface area (TPSA) is 66.3 Å². The Morgan fingerprint density at radius 2 is 1.81 bits per heavy atom. The minimum Gasteiger partial charge on any atom is -0.493 e. The van der Waals surface area contributed by atoms with Crippen molar-refractivity contribution in [3.05, 3.63) is 53.6 Å². The van der Waals surface area contributed by atoms with Crippen LogP contribution in [0.15, 0.2) is 42.5 Å². The minimum atomic E-state index is 0.0488. The summed E-state index contributed by atoms with van der Waals surface area (Å²) >= 11 is 5.44. The summed E-state index contributed by atoms with van der Waals surface area (Å²) in [6.45, 7) is 2.09. The summed E-state index contributed by atoms with van der Waals surface area (Å²) in [7, 11) is 3.24. The smallest absolute Gasteiger partial charge is 0.171 e. The van der Waals surface area contributed by atoms with Crippen LogP contribution in [-0.2, 0) is 6.42 Å². The Morgan fingerprint density at radius 1 is 1.12 bits per heavy atom. The molecule has 26 heavy (non-hydrogen) atoms. The van der Waals surface area contributed by atoms with Gasteiger partial charge in [-0.1, -0.05) is 25.1 Å². The first-order valence-corrected chi connectivity index (χ1v) is 8.77. The molecule has 2 rings (SSSR count). The summed E-state index contributed by atoms with van der Waals surface area (Å²) in [5, 5.41) is 15.8. The zero-order valence-electron chi connectivity index (χ0n) is 15.2. The number of methoxy groups -OCH3 is 2. The fourth-order valence-electron chi connectivity index (χ4n) is 2.61. The summed E-state index contributed by atoms with van der Waals surface area (Å²) in [6.07, 6.45) is 1.26. The van der Waals surface area contributed by atoms with Crippen molar-refractivity contribution in [2.75, 3.05) is 19.5 Å². The zero-order valence-corrected chi connectivity index (χ0v) is 16.0. The average Bonchev–Trinajstić information content (AvgIpc) is 2.67. The van der Waals surface area contributed by atoms with Crippen LogP contribution in [0.4, 0.5) is 5.69 Å². The Balaban J connectivity index is 2.05. The second-order valence-electron chi connectivity index (χ2n) is 5.71. The molecule has 1 atom stereocenters. The van der Waals surface area contributed by atoms with Gasteiger partial charge >= 0.3 is 0 Å². The molecule has 0 saturated carbocycles. The highest BCUT2D eigenvalue weighted by molar-refractivity contribution is 7.80. The monoisotopic (exact) mass is 369 g/mol. The molecule has 1 unspecified atom stereocenters. The summed E-state index contributed by atoms with van der Waals surface area (Å²) in [5.74, 6) is 1.39. The molecule has 0 bridgehead atoms. The largest absolute Gasteiger partial charge is 0.493 e. The third kappa shape index (κ3) is 5.11. The van der Waals surface area contributed by atoms with Crippen molar-refractivity contribution >= 4 is 23.0 Å². The molecule has 0 aliphatic rings. The van der Waals surface area contributed by atoms with Crippen LogP contribution in [0.5, 0.6) is 11.5 Å². The van der Waals surface area contributed by atoms with E-state index in [4.69, 9.17) is 27.0 Å². The van der Waals surface area contributed by atoms with Crippen molar-refractivity contribution in [2.24, 2.45) is 0 Å². The lowest BCUT2D eigenvalue weighted by molar-refractivity contribution is 0.354. The molecular formula is C20H23N3O2S. The predicted molar refractivity (Wildman–Crippen MR) is 108 cm³/mol. The van der Waals surface area contributed by atoms with Gasteiger partial charge in [0.05, 0.1) is 32.8 Å². The maximum Gasteiger partial charge on any atom is 0.171 e. The van der Waals surface area contributed by atoms with Crippen molar-refractivity contribution in [3.8, 4) is 17.6 Å². The second kappa shape index (κ2) is 9.64. The molecule has 0 aromatic heterocycles. The Labute approximate surface area is 159 Å². The number of rotatable bonds is 7. The fraction of sp³-hybridized carbons (Fsp3) is 0.300. The lowest BCUT2D eigenvalue weighted by atomic mass is 10.0. The SMILES string of the molecule is CCC(NC(=S)Nc1ccc(CC#N)cc1)c1ccc(OC)c(OC)c1. The first-order chi connectivity index (χ1) is 12.6. The Bertz CT molecular complexity index is 785. The molecule has 2 aromatic rings. The highest BCUT2D eigenvalue weighted by Crippen LogP contribution is 2.30. The second-order valence-corrected chi connectivity index (χ2v) is 6.11. The van der Waals surface area contributed by atoms with Crippen LogP contribution in [0.3, 0.4) is 0 Å². The lowest BCUT2D eigenvalue weighted by Gasteiger charge is -2.21. The number of nitrogens with zero attached hydrogens (tertiary/aromatic N) is 1. The lowest BCUT2D eigenvalue weighted by Crippen LogP contribution is -2.32. The van der Waals surface area contributed by atoms with E-state index in [2.05, 4.69) is 23.6 Å². The summed E-state index contributed by atoms with van der Waals surface area (Å²) in [5.41, 5.74) is 2.93.